The van der Waals surface area contributed by atoms with Gasteiger partial charge in [0.25, 0.3) is 5.56 Å². The van der Waals surface area contributed by atoms with Crippen LogP contribution in [0.25, 0.3) is 11.3 Å². The molecule has 1 fully saturated rings. The van der Waals surface area contributed by atoms with Crippen molar-refractivity contribution in [2.75, 3.05) is 0 Å². The number of halogens is 3. The van der Waals surface area contributed by atoms with Gasteiger partial charge in [-0.1, -0.05) is 19.3 Å². The molecule has 32 heavy (non-hydrogen) atoms. The second kappa shape index (κ2) is 8.72. The molecule has 1 aliphatic carbocycles. The molecular formula is C23H23F3N4O2. The molecule has 0 spiro atoms. The van der Waals surface area contributed by atoms with Crippen molar-refractivity contribution < 1.29 is 13.2 Å². The lowest BCUT2D eigenvalue weighted by Crippen LogP contribution is -2.30. The van der Waals surface area contributed by atoms with E-state index in [4.69, 9.17) is 0 Å². The molecule has 0 unspecified atom stereocenters. The zero-order chi connectivity index (χ0) is 22.9. The topological polar surface area (TPSA) is 69.8 Å². The molecule has 0 amide bonds. The second-order valence-electron chi connectivity index (χ2n) is 8.14. The Morgan fingerprint density at radius 3 is 2.53 bits per heavy atom. The van der Waals surface area contributed by atoms with Crippen LogP contribution in [0, 0.1) is 0 Å². The Morgan fingerprint density at radius 2 is 1.84 bits per heavy atom. The molecule has 9 heteroatoms. The van der Waals surface area contributed by atoms with Gasteiger partial charge in [0.15, 0.2) is 0 Å². The van der Waals surface area contributed by atoms with Gasteiger partial charge in [-0.05, 0) is 43.0 Å². The molecule has 6 nitrogen and oxygen atoms in total. The summed E-state index contributed by atoms with van der Waals surface area (Å²) >= 11 is 0. The third kappa shape index (κ3) is 4.51. The highest BCUT2D eigenvalue weighted by Crippen LogP contribution is 2.33. The van der Waals surface area contributed by atoms with Crippen molar-refractivity contribution in [3.8, 4) is 11.3 Å². The van der Waals surface area contributed by atoms with Crippen molar-refractivity contribution in [2.24, 2.45) is 7.05 Å². The summed E-state index contributed by atoms with van der Waals surface area (Å²) in [7, 11) is 1.60. The molecule has 0 radical (unpaired) electrons. The number of aryl methyl sites for hydroxylation is 1. The maximum Gasteiger partial charge on any atom is 0.418 e. The lowest BCUT2D eigenvalue weighted by molar-refractivity contribution is -0.138. The van der Waals surface area contributed by atoms with Gasteiger partial charge in [-0.3, -0.25) is 14.6 Å². The van der Waals surface area contributed by atoms with Gasteiger partial charge in [0, 0.05) is 36.6 Å². The maximum atomic E-state index is 13.5. The third-order valence-corrected chi connectivity index (χ3v) is 5.92. The van der Waals surface area contributed by atoms with Gasteiger partial charge in [-0.15, -0.1) is 0 Å². The van der Waals surface area contributed by atoms with E-state index < -0.39 is 23.8 Å². The van der Waals surface area contributed by atoms with Crippen molar-refractivity contribution in [3.05, 3.63) is 80.3 Å². The second-order valence-corrected chi connectivity index (χ2v) is 8.14. The highest BCUT2D eigenvalue weighted by molar-refractivity contribution is 5.58. The van der Waals surface area contributed by atoms with E-state index in [1.807, 2.05) is 0 Å². The highest BCUT2D eigenvalue weighted by Gasteiger charge is 2.34. The van der Waals surface area contributed by atoms with E-state index in [2.05, 4.69) is 10.1 Å². The van der Waals surface area contributed by atoms with Gasteiger partial charge in [0.1, 0.15) is 0 Å². The summed E-state index contributed by atoms with van der Waals surface area (Å²) in [5.41, 5.74) is -0.155. The first-order chi connectivity index (χ1) is 15.2. The van der Waals surface area contributed by atoms with Crippen LogP contribution in [0.1, 0.15) is 54.8 Å². The van der Waals surface area contributed by atoms with Gasteiger partial charge in [0.05, 0.1) is 23.5 Å². The van der Waals surface area contributed by atoms with Crippen LogP contribution in [0.4, 0.5) is 13.2 Å². The lowest BCUT2D eigenvalue weighted by Gasteiger charge is -2.22. The zero-order valence-corrected chi connectivity index (χ0v) is 17.6. The molecule has 0 atom stereocenters. The molecule has 0 aromatic carbocycles. The average molecular weight is 444 g/mol. The minimum atomic E-state index is -4.59. The molecule has 0 aliphatic heterocycles. The Kier molecular flexibility index (Phi) is 5.99. The van der Waals surface area contributed by atoms with Crippen molar-refractivity contribution in [1.29, 1.82) is 0 Å². The highest BCUT2D eigenvalue weighted by atomic mass is 19.4. The fourth-order valence-corrected chi connectivity index (χ4v) is 4.23. The molecule has 3 aromatic rings. The summed E-state index contributed by atoms with van der Waals surface area (Å²) in [6.45, 7) is -0.395. The van der Waals surface area contributed by atoms with E-state index in [0.717, 1.165) is 42.9 Å². The van der Waals surface area contributed by atoms with Gasteiger partial charge in [-0.2, -0.15) is 18.3 Å². The van der Waals surface area contributed by atoms with E-state index in [1.54, 1.807) is 25.4 Å². The SMILES string of the molecule is Cn1cc(-c2cc(C3CCCCC3)c(=O)n(Cc3ncccc3C(F)(F)F)n2)ccc1=O. The largest absolute Gasteiger partial charge is 0.418 e. The van der Waals surface area contributed by atoms with E-state index in [1.165, 1.54) is 22.9 Å². The first-order valence-corrected chi connectivity index (χ1v) is 10.5. The Balaban J connectivity index is 1.85. The number of alkyl halides is 3. The normalized spacial score (nSPS) is 15.1. The summed E-state index contributed by atoms with van der Waals surface area (Å²) in [5.74, 6) is 0.0302. The Bertz CT molecular complexity index is 1240. The third-order valence-electron chi connectivity index (χ3n) is 5.92. The van der Waals surface area contributed by atoms with E-state index in [-0.39, 0.29) is 17.2 Å². The van der Waals surface area contributed by atoms with Gasteiger partial charge in [-0.25, -0.2) is 4.68 Å². The first-order valence-electron chi connectivity index (χ1n) is 10.5. The van der Waals surface area contributed by atoms with Gasteiger partial charge in [0.2, 0.25) is 5.56 Å². The average Bonchev–Trinajstić information content (AvgIpc) is 2.77. The number of nitrogens with zero attached hydrogens (tertiary/aromatic N) is 4. The summed E-state index contributed by atoms with van der Waals surface area (Å²) in [5, 5.41) is 4.37. The van der Waals surface area contributed by atoms with Crippen LogP contribution in [-0.4, -0.2) is 19.3 Å². The molecule has 1 saturated carbocycles. The predicted molar refractivity (Wildman–Crippen MR) is 113 cm³/mol. The van der Waals surface area contributed by atoms with Crippen LogP contribution < -0.4 is 11.1 Å². The number of hydrogen-bond donors (Lipinski definition) is 0. The van der Waals surface area contributed by atoms with E-state index in [0.29, 0.717) is 16.8 Å². The van der Waals surface area contributed by atoms with Gasteiger partial charge < -0.3 is 4.57 Å². The van der Waals surface area contributed by atoms with Crippen molar-refractivity contribution in [2.45, 2.75) is 50.7 Å². The molecule has 4 rings (SSSR count). The van der Waals surface area contributed by atoms with Crippen LogP contribution >= 0.6 is 0 Å². The van der Waals surface area contributed by atoms with Crippen molar-refractivity contribution in [1.82, 2.24) is 19.3 Å². The molecule has 168 valence electrons. The summed E-state index contributed by atoms with van der Waals surface area (Å²) in [6, 6.07) is 6.89. The minimum Gasteiger partial charge on any atom is -0.318 e. The summed E-state index contributed by atoms with van der Waals surface area (Å²) < 4.78 is 42.9. The molecule has 0 bridgehead atoms. The molecule has 1 aliphatic rings. The minimum absolute atomic E-state index is 0.0302. The first kappa shape index (κ1) is 22.0. The lowest BCUT2D eigenvalue weighted by atomic mass is 9.84. The molecule has 0 saturated heterocycles. The van der Waals surface area contributed by atoms with E-state index >= 15 is 0 Å². The number of pyridine rings is 2. The number of aromatic nitrogens is 4. The van der Waals surface area contributed by atoms with Crippen LogP contribution in [0.15, 0.2) is 52.3 Å². The quantitative estimate of drug-likeness (QED) is 0.607. The van der Waals surface area contributed by atoms with Crippen LogP contribution in [-0.2, 0) is 19.8 Å². The van der Waals surface area contributed by atoms with Crippen LogP contribution in [0.2, 0.25) is 0 Å². The van der Waals surface area contributed by atoms with Crippen LogP contribution in [0.3, 0.4) is 0 Å². The van der Waals surface area contributed by atoms with Crippen molar-refractivity contribution >= 4 is 0 Å². The Labute approximate surface area is 182 Å². The fourth-order valence-electron chi connectivity index (χ4n) is 4.23. The fraction of sp³-hybridized carbons (Fsp3) is 0.391. The van der Waals surface area contributed by atoms with Crippen LogP contribution in [0.5, 0.6) is 0 Å². The maximum absolute atomic E-state index is 13.5. The Hall–Kier alpha value is -3.23. The monoisotopic (exact) mass is 444 g/mol. The summed E-state index contributed by atoms with van der Waals surface area (Å²) in [6.07, 6.45) is 3.09. The number of rotatable bonds is 4. The zero-order valence-electron chi connectivity index (χ0n) is 17.6. The van der Waals surface area contributed by atoms with Crippen molar-refractivity contribution in [3.63, 3.8) is 0 Å². The molecule has 3 heterocycles. The predicted octanol–water partition coefficient (Wildman–Crippen LogP) is 4.12. The molecule has 3 aromatic heterocycles. The molecular weight excluding hydrogens is 421 g/mol. The smallest absolute Gasteiger partial charge is 0.318 e. The van der Waals surface area contributed by atoms with E-state index in [9.17, 15) is 22.8 Å². The van der Waals surface area contributed by atoms with Gasteiger partial charge >= 0.3 is 6.18 Å². The standard InChI is InChI=1S/C23H23F3N4O2/c1-29-13-16(9-10-21(29)31)19-12-17(15-6-3-2-4-7-15)22(32)30(28-19)14-20-18(23(24,25)26)8-5-11-27-20/h5,8-13,15H,2-4,6-7,14H2,1H3. The number of hydrogen-bond acceptors (Lipinski definition) is 4. The summed E-state index contributed by atoms with van der Waals surface area (Å²) in [4.78, 5) is 28.9. The Morgan fingerprint density at radius 1 is 1.09 bits per heavy atom. The molecule has 0 N–H and O–H groups in total.